The van der Waals surface area contributed by atoms with E-state index in [0.29, 0.717) is 11.6 Å². The first-order valence-corrected chi connectivity index (χ1v) is 6.87. The number of hydrogen-bond acceptors (Lipinski definition) is 5. The molecule has 1 aromatic rings. The monoisotopic (exact) mass is 279 g/mol. The average molecular weight is 279 g/mol. The number of aromatic nitrogens is 2. The van der Waals surface area contributed by atoms with Crippen LogP contribution in [-0.2, 0) is 4.79 Å². The van der Waals surface area contributed by atoms with Gasteiger partial charge < -0.3 is 16.0 Å². The largest absolute Gasteiger partial charge is 0.370 e. The number of anilines is 2. The minimum atomic E-state index is -0.232. The van der Waals surface area contributed by atoms with Crippen molar-refractivity contribution in [2.24, 2.45) is 0 Å². The predicted molar refractivity (Wildman–Crippen MR) is 82.1 cm³/mol. The highest BCUT2D eigenvalue weighted by Gasteiger charge is 2.14. The quantitative estimate of drug-likeness (QED) is 0.766. The summed E-state index contributed by atoms with van der Waals surface area (Å²) in [7, 11) is 0. The molecule has 0 aromatic carbocycles. The third-order valence-corrected chi connectivity index (χ3v) is 2.53. The minimum Gasteiger partial charge on any atom is -0.370 e. The zero-order valence-electron chi connectivity index (χ0n) is 13.2. The lowest BCUT2D eigenvalue weighted by atomic mass is 10.1. The third-order valence-electron chi connectivity index (χ3n) is 2.53. The lowest BCUT2D eigenvalue weighted by Crippen LogP contribution is -2.43. The van der Waals surface area contributed by atoms with E-state index in [2.05, 4.69) is 25.9 Å². The standard InChI is InChI=1S/C14H25N5O/c1-7-15-12-9(2)13(18-10(3)17-12)16-8-11(20)19-14(4,5)6/h7-8H2,1-6H3,(H,19,20)(H2,15,16,17,18). The molecule has 0 unspecified atom stereocenters. The van der Waals surface area contributed by atoms with Gasteiger partial charge in [0.05, 0.1) is 6.54 Å². The van der Waals surface area contributed by atoms with Crippen LogP contribution in [0.1, 0.15) is 39.1 Å². The first-order valence-electron chi connectivity index (χ1n) is 6.87. The summed E-state index contributed by atoms with van der Waals surface area (Å²) in [6.07, 6.45) is 0. The smallest absolute Gasteiger partial charge is 0.239 e. The van der Waals surface area contributed by atoms with Crippen LogP contribution >= 0.6 is 0 Å². The summed E-state index contributed by atoms with van der Waals surface area (Å²) in [5.41, 5.74) is 0.686. The van der Waals surface area contributed by atoms with Gasteiger partial charge in [-0.25, -0.2) is 9.97 Å². The topological polar surface area (TPSA) is 78.9 Å². The van der Waals surface area contributed by atoms with Crippen LogP contribution in [0.25, 0.3) is 0 Å². The van der Waals surface area contributed by atoms with E-state index >= 15 is 0 Å². The number of aryl methyl sites for hydroxylation is 1. The first-order chi connectivity index (χ1) is 9.23. The van der Waals surface area contributed by atoms with Crippen molar-refractivity contribution in [3.8, 4) is 0 Å². The van der Waals surface area contributed by atoms with Gasteiger partial charge in [0.1, 0.15) is 17.5 Å². The molecule has 1 aromatic heterocycles. The molecule has 0 aliphatic carbocycles. The Kier molecular flexibility index (Phi) is 5.30. The molecule has 0 saturated carbocycles. The molecular formula is C14H25N5O. The van der Waals surface area contributed by atoms with Crippen molar-refractivity contribution in [2.45, 2.75) is 47.1 Å². The molecule has 1 heterocycles. The Hall–Kier alpha value is -1.85. The molecule has 6 nitrogen and oxygen atoms in total. The minimum absolute atomic E-state index is 0.0573. The Balaban J connectivity index is 2.75. The number of rotatable bonds is 5. The number of carbonyl (C=O) groups is 1. The van der Waals surface area contributed by atoms with Crippen LogP contribution in [0, 0.1) is 13.8 Å². The zero-order valence-corrected chi connectivity index (χ0v) is 13.2. The second-order valence-electron chi connectivity index (χ2n) is 5.78. The molecule has 0 saturated heterocycles. The van der Waals surface area contributed by atoms with Crippen molar-refractivity contribution >= 4 is 17.5 Å². The summed E-state index contributed by atoms with van der Waals surface area (Å²) in [5, 5.41) is 9.17. The van der Waals surface area contributed by atoms with Crippen molar-refractivity contribution in [1.82, 2.24) is 15.3 Å². The van der Waals surface area contributed by atoms with E-state index in [0.717, 1.165) is 17.9 Å². The van der Waals surface area contributed by atoms with Gasteiger partial charge in [0.25, 0.3) is 0 Å². The van der Waals surface area contributed by atoms with E-state index in [1.165, 1.54) is 0 Å². The summed E-state index contributed by atoms with van der Waals surface area (Å²) in [6, 6.07) is 0. The number of nitrogens with one attached hydrogen (secondary N) is 3. The van der Waals surface area contributed by atoms with Crippen LogP contribution in [0.5, 0.6) is 0 Å². The second kappa shape index (κ2) is 6.54. The summed E-state index contributed by atoms with van der Waals surface area (Å²) in [5.74, 6) is 2.11. The van der Waals surface area contributed by atoms with Gasteiger partial charge in [-0.05, 0) is 41.5 Å². The number of nitrogens with zero attached hydrogens (tertiary/aromatic N) is 2. The summed E-state index contributed by atoms with van der Waals surface area (Å²) >= 11 is 0. The van der Waals surface area contributed by atoms with Gasteiger partial charge in [-0.1, -0.05) is 0 Å². The molecule has 112 valence electrons. The summed E-state index contributed by atoms with van der Waals surface area (Å²) in [4.78, 5) is 20.5. The van der Waals surface area contributed by atoms with Crippen LogP contribution in [0.3, 0.4) is 0 Å². The van der Waals surface area contributed by atoms with Gasteiger partial charge in [0.2, 0.25) is 5.91 Å². The average Bonchev–Trinajstić information content (AvgIpc) is 2.29. The second-order valence-corrected chi connectivity index (χ2v) is 5.78. The van der Waals surface area contributed by atoms with Gasteiger partial charge in [0.15, 0.2) is 0 Å². The highest BCUT2D eigenvalue weighted by molar-refractivity contribution is 5.81. The first kappa shape index (κ1) is 16.2. The fourth-order valence-corrected chi connectivity index (χ4v) is 1.77. The molecular weight excluding hydrogens is 254 g/mol. The van der Waals surface area contributed by atoms with Gasteiger partial charge in [-0.2, -0.15) is 0 Å². The Bertz CT molecular complexity index is 479. The molecule has 3 N–H and O–H groups in total. The Labute approximate surface area is 120 Å². The van der Waals surface area contributed by atoms with Crippen LogP contribution in [0.15, 0.2) is 0 Å². The highest BCUT2D eigenvalue weighted by atomic mass is 16.2. The Morgan fingerprint density at radius 2 is 1.65 bits per heavy atom. The van der Waals surface area contributed by atoms with E-state index in [-0.39, 0.29) is 18.0 Å². The maximum absolute atomic E-state index is 11.8. The highest BCUT2D eigenvalue weighted by Crippen LogP contribution is 2.19. The predicted octanol–water partition coefficient (Wildman–Crippen LogP) is 1.85. The Morgan fingerprint density at radius 1 is 1.10 bits per heavy atom. The van der Waals surface area contributed by atoms with E-state index in [9.17, 15) is 4.79 Å². The third kappa shape index (κ3) is 5.03. The van der Waals surface area contributed by atoms with E-state index in [1.54, 1.807) is 0 Å². The van der Waals surface area contributed by atoms with Crippen molar-refractivity contribution in [3.63, 3.8) is 0 Å². The normalized spacial score (nSPS) is 11.1. The van der Waals surface area contributed by atoms with E-state index in [1.807, 2.05) is 41.5 Å². The fraction of sp³-hybridized carbons (Fsp3) is 0.643. The molecule has 0 bridgehead atoms. The number of hydrogen-bond donors (Lipinski definition) is 3. The Morgan fingerprint density at radius 3 is 2.15 bits per heavy atom. The van der Waals surface area contributed by atoms with Gasteiger partial charge in [-0.15, -0.1) is 0 Å². The van der Waals surface area contributed by atoms with Crippen molar-refractivity contribution in [3.05, 3.63) is 11.4 Å². The van der Waals surface area contributed by atoms with Crippen molar-refractivity contribution < 1.29 is 4.79 Å². The summed E-state index contributed by atoms with van der Waals surface area (Å²) in [6.45, 7) is 12.6. The van der Waals surface area contributed by atoms with Crippen molar-refractivity contribution in [2.75, 3.05) is 23.7 Å². The molecule has 1 amide bonds. The van der Waals surface area contributed by atoms with E-state index in [4.69, 9.17) is 0 Å². The maximum atomic E-state index is 11.8. The lowest BCUT2D eigenvalue weighted by Gasteiger charge is -2.21. The van der Waals surface area contributed by atoms with Crippen LogP contribution in [0.4, 0.5) is 11.6 Å². The molecule has 0 fully saturated rings. The molecule has 20 heavy (non-hydrogen) atoms. The number of carbonyl (C=O) groups excluding carboxylic acids is 1. The van der Waals surface area contributed by atoms with E-state index < -0.39 is 0 Å². The molecule has 0 aliphatic heterocycles. The SMILES string of the molecule is CCNc1nc(C)nc(NCC(=O)NC(C)(C)C)c1C. The molecule has 6 heteroatoms. The van der Waals surface area contributed by atoms with Gasteiger partial charge >= 0.3 is 0 Å². The molecule has 0 atom stereocenters. The molecule has 0 aliphatic rings. The van der Waals surface area contributed by atoms with Crippen LogP contribution in [0.2, 0.25) is 0 Å². The number of amides is 1. The maximum Gasteiger partial charge on any atom is 0.239 e. The summed E-state index contributed by atoms with van der Waals surface area (Å²) < 4.78 is 0. The van der Waals surface area contributed by atoms with Gasteiger partial charge in [0, 0.05) is 17.6 Å². The van der Waals surface area contributed by atoms with Gasteiger partial charge in [-0.3, -0.25) is 4.79 Å². The zero-order chi connectivity index (χ0) is 15.3. The van der Waals surface area contributed by atoms with Crippen LogP contribution in [-0.4, -0.2) is 34.5 Å². The lowest BCUT2D eigenvalue weighted by molar-refractivity contribution is -0.120. The molecule has 0 radical (unpaired) electrons. The fourth-order valence-electron chi connectivity index (χ4n) is 1.77. The van der Waals surface area contributed by atoms with Crippen LogP contribution < -0.4 is 16.0 Å². The molecule has 1 rings (SSSR count). The van der Waals surface area contributed by atoms with Crippen molar-refractivity contribution in [1.29, 1.82) is 0 Å². The molecule has 0 spiro atoms.